The lowest BCUT2D eigenvalue weighted by molar-refractivity contribution is -0.130. The minimum Gasteiger partial charge on any atom is -0.497 e. The molecule has 0 saturated carbocycles. The molecule has 1 unspecified atom stereocenters. The number of amides is 2. The summed E-state index contributed by atoms with van der Waals surface area (Å²) in [5.41, 5.74) is 6.57. The second-order valence-electron chi connectivity index (χ2n) is 4.66. The van der Waals surface area contributed by atoms with Gasteiger partial charge in [0.15, 0.2) is 0 Å². The molecule has 1 aromatic carbocycles. The number of nitrogens with one attached hydrogen (secondary N) is 1. The van der Waals surface area contributed by atoms with Crippen molar-refractivity contribution in [1.29, 1.82) is 0 Å². The predicted molar refractivity (Wildman–Crippen MR) is 77.1 cm³/mol. The second-order valence-corrected chi connectivity index (χ2v) is 4.66. The summed E-state index contributed by atoms with van der Waals surface area (Å²) < 4.78 is 10.3. The molecule has 7 heteroatoms. The Morgan fingerprint density at radius 1 is 1.48 bits per heavy atom. The van der Waals surface area contributed by atoms with E-state index >= 15 is 0 Å². The van der Waals surface area contributed by atoms with Crippen molar-refractivity contribution in [2.24, 2.45) is 0 Å². The molecule has 0 bridgehead atoms. The summed E-state index contributed by atoms with van der Waals surface area (Å²) in [4.78, 5) is 26.0. The Morgan fingerprint density at radius 3 is 2.86 bits per heavy atom. The quantitative estimate of drug-likeness (QED) is 0.757. The summed E-state index contributed by atoms with van der Waals surface area (Å²) in [6.07, 6.45) is 0. The maximum absolute atomic E-state index is 12.6. The number of ether oxygens (including phenoxy) is 2. The number of carbonyl (C=O) groups excluding carboxylic acids is 2. The van der Waals surface area contributed by atoms with Crippen LogP contribution in [0.4, 0.5) is 5.69 Å². The van der Waals surface area contributed by atoms with Crippen LogP contribution in [0, 0.1) is 0 Å². The first kappa shape index (κ1) is 15.1. The number of nitrogens with two attached hydrogens (primary N) is 1. The fourth-order valence-electron chi connectivity index (χ4n) is 2.25. The van der Waals surface area contributed by atoms with Crippen molar-refractivity contribution in [3.05, 3.63) is 23.8 Å². The molecule has 2 rings (SSSR count). The zero-order valence-electron chi connectivity index (χ0n) is 12.1. The third-order valence-corrected chi connectivity index (χ3v) is 3.43. The molecule has 114 valence electrons. The first-order valence-corrected chi connectivity index (χ1v) is 6.62. The molecule has 1 aliphatic rings. The second kappa shape index (κ2) is 6.45. The molecule has 7 nitrogen and oxygen atoms in total. The van der Waals surface area contributed by atoms with E-state index in [0.717, 1.165) is 0 Å². The number of rotatable bonds is 3. The predicted octanol–water partition coefficient (Wildman–Crippen LogP) is -0.136. The normalized spacial score (nSPS) is 18.2. The first-order chi connectivity index (χ1) is 10.1. The van der Waals surface area contributed by atoms with E-state index in [2.05, 4.69) is 5.32 Å². The minimum atomic E-state index is -0.641. The van der Waals surface area contributed by atoms with Crippen LogP contribution in [0.3, 0.4) is 0 Å². The van der Waals surface area contributed by atoms with Crippen LogP contribution in [-0.2, 0) is 9.53 Å². The number of anilines is 1. The largest absolute Gasteiger partial charge is 0.497 e. The van der Waals surface area contributed by atoms with Crippen LogP contribution in [0.15, 0.2) is 18.2 Å². The van der Waals surface area contributed by atoms with Gasteiger partial charge in [-0.3, -0.25) is 9.59 Å². The topological polar surface area (TPSA) is 93.9 Å². The van der Waals surface area contributed by atoms with Gasteiger partial charge in [0.1, 0.15) is 11.8 Å². The summed E-state index contributed by atoms with van der Waals surface area (Å²) in [6.45, 7) is 0.930. The van der Waals surface area contributed by atoms with Gasteiger partial charge in [0.25, 0.3) is 5.91 Å². The number of carbonyl (C=O) groups is 2. The molecule has 1 fully saturated rings. The fourth-order valence-corrected chi connectivity index (χ4v) is 2.25. The molecule has 1 aromatic rings. The Hall–Kier alpha value is -2.28. The molecule has 0 aromatic heterocycles. The van der Waals surface area contributed by atoms with Crippen molar-refractivity contribution in [2.75, 3.05) is 39.6 Å². The SMILES string of the molecule is CNC(=O)C1COCCN1C(=O)c1ccc(OC)cc1N. The average Bonchev–Trinajstić information content (AvgIpc) is 2.53. The lowest BCUT2D eigenvalue weighted by atomic mass is 10.1. The highest BCUT2D eigenvalue weighted by molar-refractivity contribution is 6.01. The molecule has 0 radical (unpaired) electrons. The maximum Gasteiger partial charge on any atom is 0.256 e. The summed E-state index contributed by atoms with van der Waals surface area (Å²) >= 11 is 0. The van der Waals surface area contributed by atoms with Gasteiger partial charge in [-0.2, -0.15) is 0 Å². The van der Waals surface area contributed by atoms with Gasteiger partial charge in [-0.05, 0) is 12.1 Å². The molecule has 0 aliphatic carbocycles. The van der Waals surface area contributed by atoms with Gasteiger partial charge in [0.05, 0.1) is 25.9 Å². The lowest BCUT2D eigenvalue weighted by Gasteiger charge is -2.34. The number of likely N-dealkylation sites (N-methyl/N-ethyl adjacent to an activating group) is 1. The number of nitrogens with zero attached hydrogens (tertiary/aromatic N) is 1. The van der Waals surface area contributed by atoms with Gasteiger partial charge in [-0.1, -0.05) is 0 Å². The van der Waals surface area contributed by atoms with E-state index in [1.54, 1.807) is 18.2 Å². The van der Waals surface area contributed by atoms with Crippen molar-refractivity contribution in [3.63, 3.8) is 0 Å². The Morgan fingerprint density at radius 2 is 2.24 bits per heavy atom. The molecular weight excluding hydrogens is 274 g/mol. The van der Waals surface area contributed by atoms with E-state index in [1.165, 1.54) is 19.1 Å². The molecule has 3 N–H and O–H groups in total. The van der Waals surface area contributed by atoms with Gasteiger partial charge in [-0.15, -0.1) is 0 Å². The van der Waals surface area contributed by atoms with Gasteiger partial charge >= 0.3 is 0 Å². The van der Waals surface area contributed by atoms with E-state index in [1.807, 2.05) is 0 Å². The van der Waals surface area contributed by atoms with Crippen LogP contribution >= 0.6 is 0 Å². The maximum atomic E-state index is 12.6. The van der Waals surface area contributed by atoms with E-state index < -0.39 is 6.04 Å². The van der Waals surface area contributed by atoms with Gasteiger partial charge in [0, 0.05) is 25.3 Å². The highest BCUT2D eigenvalue weighted by Gasteiger charge is 2.33. The lowest BCUT2D eigenvalue weighted by Crippen LogP contribution is -2.55. The van der Waals surface area contributed by atoms with Crippen LogP contribution < -0.4 is 15.8 Å². The highest BCUT2D eigenvalue weighted by Crippen LogP contribution is 2.22. The Kier molecular flexibility index (Phi) is 4.64. The first-order valence-electron chi connectivity index (χ1n) is 6.62. The van der Waals surface area contributed by atoms with Crippen molar-refractivity contribution < 1.29 is 19.1 Å². The van der Waals surface area contributed by atoms with Gasteiger partial charge in [-0.25, -0.2) is 0 Å². The molecule has 0 spiro atoms. The van der Waals surface area contributed by atoms with E-state index in [-0.39, 0.29) is 18.4 Å². The average molecular weight is 293 g/mol. The van der Waals surface area contributed by atoms with Gasteiger partial charge < -0.3 is 25.4 Å². The Bertz CT molecular complexity index is 547. The monoisotopic (exact) mass is 293 g/mol. The van der Waals surface area contributed by atoms with Crippen molar-refractivity contribution >= 4 is 17.5 Å². The molecule has 2 amide bonds. The molecular formula is C14H19N3O4. The third kappa shape index (κ3) is 3.08. The number of nitrogen functional groups attached to an aromatic ring is 1. The van der Waals surface area contributed by atoms with Crippen LogP contribution in [0.5, 0.6) is 5.75 Å². The van der Waals surface area contributed by atoms with E-state index in [4.69, 9.17) is 15.2 Å². The molecule has 1 atom stereocenters. The Balaban J connectivity index is 2.26. The summed E-state index contributed by atoms with van der Waals surface area (Å²) in [6, 6.07) is 4.21. The van der Waals surface area contributed by atoms with Crippen LogP contribution in [0.2, 0.25) is 0 Å². The molecule has 1 aliphatic heterocycles. The zero-order chi connectivity index (χ0) is 15.4. The van der Waals surface area contributed by atoms with E-state index in [9.17, 15) is 9.59 Å². The summed E-state index contributed by atoms with van der Waals surface area (Å²) in [5, 5.41) is 2.54. The number of methoxy groups -OCH3 is 1. The number of morpholine rings is 1. The number of hydrogen-bond acceptors (Lipinski definition) is 5. The molecule has 1 heterocycles. The van der Waals surface area contributed by atoms with Crippen molar-refractivity contribution in [2.45, 2.75) is 6.04 Å². The highest BCUT2D eigenvalue weighted by atomic mass is 16.5. The van der Waals surface area contributed by atoms with Gasteiger partial charge in [0.2, 0.25) is 5.91 Å². The molecule has 1 saturated heterocycles. The zero-order valence-corrected chi connectivity index (χ0v) is 12.1. The van der Waals surface area contributed by atoms with Crippen LogP contribution in [-0.4, -0.2) is 56.7 Å². The summed E-state index contributed by atoms with van der Waals surface area (Å²) in [5.74, 6) is 0.0380. The Labute approximate surface area is 123 Å². The fraction of sp³-hybridized carbons (Fsp3) is 0.429. The van der Waals surface area contributed by atoms with Crippen LogP contribution in [0.25, 0.3) is 0 Å². The number of benzene rings is 1. The smallest absolute Gasteiger partial charge is 0.256 e. The molecule has 21 heavy (non-hydrogen) atoms. The standard InChI is InChI=1S/C14H19N3O4/c1-16-13(18)12-8-21-6-5-17(12)14(19)10-4-3-9(20-2)7-11(10)15/h3-4,7,12H,5-6,8,15H2,1-2H3,(H,16,18). The third-order valence-electron chi connectivity index (χ3n) is 3.43. The number of hydrogen-bond donors (Lipinski definition) is 2. The minimum absolute atomic E-state index is 0.182. The summed E-state index contributed by atoms with van der Waals surface area (Å²) in [7, 11) is 3.06. The van der Waals surface area contributed by atoms with Crippen molar-refractivity contribution in [3.8, 4) is 5.75 Å². The van der Waals surface area contributed by atoms with E-state index in [0.29, 0.717) is 30.2 Å². The van der Waals surface area contributed by atoms with Crippen molar-refractivity contribution in [1.82, 2.24) is 10.2 Å². The van der Waals surface area contributed by atoms with Crippen LogP contribution in [0.1, 0.15) is 10.4 Å².